The number of carbonyl (C=O) groups excluding carboxylic acids is 2. The number of benzene rings is 1. The van der Waals surface area contributed by atoms with Crippen molar-refractivity contribution in [2.75, 3.05) is 12.4 Å². The minimum absolute atomic E-state index is 0.0723. The third-order valence-electron chi connectivity index (χ3n) is 4.60. The van der Waals surface area contributed by atoms with E-state index < -0.39 is 0 Å². The standard InChI is InChI=1S/C18H21N3O2S/c1-11-12(2)24-18(19-11)20-17(23)14-9-10-15(22)21(3)16(14)13-7-5-4-6-8-13/h4-8,14,16H,9-10H2,1-3H3,(H,19,20,23)/t14-,16-/m1/s1. The minimum Gasteiger partial charge on any atom is -0.338 e. The molecule has 126 valence electrons. The van der Waals surface area contributed by atoms with Gasteiger partial charge in [0, 0.05) is 18.3 Å². The Morgan fingerprint density at radius 2 is 2.00 bits per heavy atom. The number of hydrogen-bond donors (Lipinski definition) is 1. The molecule has 3 rings (SSSR count). The summed E-state index contributed by atoms with van der Waals surface area (Å²) >= 11 is 1.48. The van der Waals surface area contributed by atoms with Crippen molar-refractivity contribution in [2.24, 2.45) is 5.92 Å². The molecule has 6 heteroatoms. The first kappa shape index (κ1) is 16.6. The number of aromatic nitrogens is 1. The Bertz CT molecular complexity index is 737. The summed E-state index contributed by atoms with van der Waals surface area (Å²) in [6.45, 7) is 3.92. The highest BCUT2D eigenvalue weighted by atomic mass is 32.1. The van der Waals surface area contributed by atoms with E-state index in [-0.39, 0.29) is 23.8 Å². The maximum Gasteiger partial charge on any atom is 0.231 e. The van der Waals surface area contributed by atoms with E-state index in [0.29, 0.717) is 18.0 Å². The van der Waals surface area contributed by atoms with Gasteiger partial charge in [-0.25, -0.2) is 4.98 Å². The molecule has 1 aliphatic heterocycles. The van der Waals surface area contributed by atoms with Crippen LogP contribution in [0.4, 0.5) is 5.13 Å². The van der Waals surface area contributed by atoms with Gasteiger partial charge in [-0.15, -0.1) is 11.3 Å². The van der Waals surface area contributed by atoms with Crippen LogP contribution in [0.1, 0.15) is 35.0 Å². The molecule has 0 aliphatic carbocycles. The molecule has 1 N–H and O–H groups in total. The van der Waals surface area contributed by atoms with Crippen molar-refractivity contribution in [3.05, 3.63) is 46.5 Å². The number of rotatable bonds is 3. The van der Waals surface area contributed by atoms with Crippen LogP contribution in [-0.4, -0.2) is 28.7 Å². The fourth-order valence-electron chi connectivity index (χ4n) is 3.14. The second-order valence-corrected chi connectivity index (χ2v) is 7.36. The van der Waals surface area contributed by atoms with Gasteiger partial charge < -0.3 is 10.2 Å². The molecule has 1 aliphatic rings. The average Bonchev–Trinajstić information content (AvgIpc) is 2.88. The normalized spacial score (nSPS) is 21.0. The van der Waals surface area contributed by atoms with Gasteiger partial charge in [0.2, 0.25) is 11.8 Å². The molecule has 0 bridgehead atoms. The summed E-state index contributed by atoms with van der Waals surface area (Å²) in [7, 11) is 1.77. The van der Waals surface area contributed by atoms with Crippen LogP contribution >= 0.6 is 11.3 Å². The summed E-state index contributed by atoms with van der Waals surface area (Å²) in [5, 5.41) is 3.57. The third kappa shape index (κ3) is 3.19. The molecule has 1 saturated heterocycles. The van der Waals surface area contributed by atoms with Gasteiger partial charge >= 0.3 is 0 Å². The van der Waals surface area contributed by atoms with E-state index in [1.54, 1.807) is 11.9 Å². The number of piperidine rings is 1. The van der Waals surface area contributed by atoms with Crippen LogP contribution in [0.3, 0.4) is 0 Å². The van der Waals surface area contributed by atoms with Gasteiger partial charge in [0.25, 0.3) is 0 Å². The van der Waals surface area contributed by atoms with E-state index in [1.807, 2.05) is 44.2 Å². The number of hydrogen-bond acceptors (Lipinski definition) is 4. The van der Waals surface area contributed by atoms with E-state index in [2.05, 4.69) is 10.3 Å². The molecule has 24 heavy (non-hydrogen) atoms. The van der Waals surface area contributed by atoms with Crippen LogP contribution < -0.4 is 5.32 Å². The highest BCUT2D eigenvalue weighted by Crippen LogP contribution is 2.36. The van der Waals surface area contributed by atoms with Crippen molar-refractivity contribution < 1.29 is 9.59 Å². The molecule has 2 heterocycles. The summed E-state index contributed by atoms with van der Waals surface area (Å²) in [5.74, 6) is -0.273. The number of aryl methyl sites for hydroxylation is 2. The van der Waals surface area contributed by atoms with Gasteiger partial charge in [0.1, 0.15) is 0 Å². The number of likely N-dealkylation sites (tertiary alicyclic amines) is 1. The largest absolute Gasteiger partial charge is 0.338 e. The molecular formula is C18H21N3O2S. The molecule has 2 atom stereocenters. The Morgan fingerprint density at radius 1 is 1.29 bits per heavy atom. The number of nitrogens with zero attached hydrogens (tertiary/aromatic N) is 2. The Labute approximate surface area is 145 Å². The Balaban J connectivity index is 1.86. The summed E-state index contributed by atoms with van der Waals surface area (Å²) < 4.78 is 0. The number of thiazole rings is 1. The molecule has 0 spiro atoms. The molecule has 5 nitrogen and oxygen atoms in total. The predicted molar refractivity (Wildman–Crippen MR) is 94.9 cm³/mol. The summed E-state index contributed by atoms with van der Waals surface area (Å²) in [4.78, 5) is 32.2. The van der Waals surface area contributed by atoms with Crippen LogP contribution in [0.2, 0.25) is 0 Å². The molecule has 0 unspecified atom stereocenters. The second-order valence-electron chi connectivity index (χ2n) is 6.16. The summed E-state index contributed by atoms with van der Waals surface area (Å²) in [5.41, 5.74) is 1.92. The smallest absolute Gasteiger partial charge is 0.231 e. The fraction of sp³-hybridized carbons (Fsp3) is 0.389. The van der Waals surface area contributed by atoms with E-state index in [9.17, 15) is 9.59 Å². The van der Waals surface area contributed by atoms with Crippen molar-refractivity contribution in [3.8, 4) is 0 Å². The fourth-order valence-corrected chi connectivity index (χ4v) is 3.96. The Kier molecular flexibility index (Phi) is 4.66. The highest BCUT2D eigenvalue weighted by molar-refractivity contribution is 7.15. The molecular weight excluding hydrogens is 322 g/mol. The zero-order valence-electron chi connectivity index (χ0n) is 14.1. The van der Waals surface area contributed by atoms with Crippen LogP contribution in [-0.2, 0) is 9.59 Å². The predicted octanol–water partition coefficient (Wildman–Crippen LogP) is 3.31. The summed E-state index contributed by atoms with van der Waals surface area (Å²) in [6, 6.07) is 9.50. The lowest BCUT2D eigenvalue weighted by Crippen LogP contribution is -2.44. The summed E-state index contributed by atoms with van der Waals surface area (Å²) in [6.07, 6.45) is 0.950. The molecule has 0 saturated carbocycles. The van der Waals surface area contributed by atoms with Crippen molar-refractivity contribution in [3.63, 3.8) is 0 Å². The van der Waals surface area contributed by atoms with E-state index in [1.165, 1.54) is 11.3 Å². The van der Waals surface area contributed by atoms with Gasteiger partial charge in [-0.1, -0.05) is 30.3 Å². The lowest BCUT2D eigenvalue weighted by atomic mass is 9.84. The zero-order valence-corrected chi connectivity index (χ0v) is 14.9. The molecule has 1 aromatic heterocycles. The lowest BCUT2D eigenvalue weighted by molar-refractivity contribution is -0.140. The lowest BCUT2D eigenvalue weighted by Gasteiger charge is -2.38. The van der Waals surface area contributed by atoms with Crippen molar-refractivity contribution in [1.29, 1.82) is 0 Å². The van der Waals surface area contributed by atoms with Crippen LogP contribution in [0.15, 0.2) is 30.3 Å². The Morgan fingerprint density at radius 3 is 2.62 bits per heavy atom. The quantitative estimate of drug-likeness (QED) is 0.930. The first-order valence-electron chi connectivity index (χ1n) is 8.03. The van der Waals surface area contributed by atoms with Crippen molar-refractivity contribution in [1.82, 2.24) is 9.88 Å². The van der Waals surface area contributed by atoms with Gasteiger partial charge in [-0.05, 0) is 25.8 Å². The van der Waals surface area contributed by atoms with Gasteiger partial charge in [0.15, 0.2) is 5.13 Å². The molecule has 0 radical (unpaired) electrons. The number of nitrogens with one attached hydrogen (secondary N) is 1. The topological polar surface area (TPSA) is 62.3 Å². The minimum atomic E-state index is -0.278. The number of anilines is 1. The molecule has 2 amide bonds. The zero-order chi connectivity index (χ0) is 17.3. The van der Waals surface area contributed by atoms with Gasteiger partial charge in [-0.2, -0.15) is 0 Å². The van der Waals surface area contributed by atoms with Crippen molar-refractivity contribution >= 4 is 28.3 Å². The first-order chi connectivity index (χ1) is 11.5. The highest BCUT2D eigenvalue weighted by Gasteiger charge is 2.39. The SMILES string of the molecule is Cc1nc(NC(=O)[C@@H]2CCC(=O)N(C)[C@@H]2c2ccccc2)sc1C. The molecule has 1 aromatic carbocycles. The maximum absolute atomic E-state index is 12.8. The van der Waals surface area contributed by atoms with Crippen LogP contribution in [0.25, 0.3) is 0 Å². The number of carbonyl (C=O) groups is 2. The maximum atomic E-state index is 12.8. The third-order valence-corrected chi connectivity index (χ3v) is 5.59. The van der Waals surface area contributed by atoms with E-state index in [4.69, 9.17) is 0 Å². The first-order valence-corrected chi connectivity index (χ1v) is 8.84. The monoisotopic (exact) mass is 343 g/mol. The average molecular weight is 343 g/mol. The van der Waals surface area contributed by atoms with Gasteiger partial charge in [0.05, 0.1) is 17.7 Å². The number of amides is 2. The van der Waals surface area contributed by atoms with E-state index in [0.717, 1.165) is 16.1 Å². The van der Waals surface area contributed by atoms with Crippen LogP contribution in [0.5, 0.6) is 0 Å². The Hall–Kier alpha value is -2.21. The van der Waals surface area contributed by atoms with Crippen molar-refractivity contribution in [2.45, 2.75) is 32.7 Å². The van der Waals surface area contributed by atoms with Crippen LogP contribution in [0, 0.1) is 19.8 Å². The van der Waals surface area contributed by atoms with E-state index >= 15 is 0 Å². The second kappa shape index (κ2) is 6.73. The molecule has 2 aromatic rings. The molecule has 1 fully saturated rings. The van der Waals surface area contributed by atoms with Gasteiger partial charge in [-0.3, -0.25) is 9.59 Å².